The minimum Gasteiger partial charge on any atom is -0.409 e. The monoisotopic (exact) mass is 226 g/mol. The van der Waals surface area contributed by atoms with Crippen LogP contribution < -0.4 is 0 Å². The molecule has 14 heavy (non-hydrogen) atoms. The van der Waals surface area contributed by atoms with Crippen LogP contribution in [0.5, 0.6) is 0 Å². The average Bonchev–Trinajstić information content (AvgIpc) is 2.50. The molecule has 0 radical (unpaired) electrons. The summed E-state index contributed by atoms with van der Waals surface area (Å²) >= 11 is 10.7. The highest BCUT2D eigenvalue weighted by Crippen LogP contribution is 2.22. The fourth-order valence-corrected chi connectivity index (χ4v) is 1.63. The lowest BCUT2D eigenvalue weighted by atomic mass is 10.1. The molecule has 0 bridgehead atoms. The number of H-pyrrole nitrogens is 1. The van der Waals surface area contributed by atoms with Crippen LogP contribution in [-0.4, -0.2) is 10.2 Å². The molecule has 0 fully saturated rings. The molecule has 5 heteroatoms. The van der Waals surface area contributed by atoms with Gasteiger partial charge in [-0.2, -0.15) is 0 Å². The molecule has 0 saturated carbocycles. The number of hydrogen-bond donors (Lipinski definition) is 1. The second-order valence-electron chi connectivity index (χ2n) is 2.94. The van der Waals surface area contributed by atoms with E-state index >= 15 is 0 Å². The SMILES string of the molecule is Cc1cc(Cl)cc(-c2n[nH]c(=S)o2)c1. The zero-order chi connectivity index (χ0) is 10.1. The Labute approximate surface area is 90.7 Å². The highest BCUT2D eigenvalue weighted by atomic mass is 35.5. The summed E-state index contributed by atoms with van der Waals surface area (Å²) in [6.07, 6.45) is 0. The fourth-order valence-electron chi connectivity index (χ4n) is 1.21. The molecule has 0 amide bonds. The van der Waals surface area contributed by atoms with Crippen molar-refractivity contribution in [2.75, 3.05) is 0 Å². The van der Waals surface area contributed by atoms with Gasteiger partial charge in [0.15, 0.2) is 0 Å². The van der Waals surface area contributed by atoms with Crippen molar-refractivity contribution in [3.63, 3.8) is 0 Å². The standard InChI is InChI=1S/C9H7ClN2OS/c1-5-2-6(4-7(10)3-5)8-11-12-9(14)13-8/h2-4H,1H3,(H,12,14). The first-order chi connectivity index (χ1) is 6.65. The first-order valence-electron chi connectivity index (χ1n) is 3.98. The number of rotatable bonds is 1. The molecule has 1 N–H and O–H groups in total. The van der Waals surface area contributed by atoms with E-state index in [1.807, 2.05) is 19.1 Å². The topological polar surface area (TPSA) is 41.8 Å². The summed E-state index contributed by atoms with van der Waals surface area (Å²) in [5.41, 5.74) is 1.87. The van der Waals surface area contributed by atoms with Gasteiger partial charge in [-0.15, -0.1) is 5.10 Å². The third kappa shape index (κ3) is 1.86. The van der Waals surface area contributed by atoms with Crippen LogP contribution in [0, 0.1) is 11.8 Å². The molecular formula is C9H7ClN2OS. The molecule has 2 rings (SSSR count). The number of benzene rings is 1. The van der Waals surface area contributed by atoms with Crippen molar-refractivity contribution < 1.29 is 4.42 Å². The van der Waals surface area contributed by atoms with Crippen molar-refractivity contribution in [2.24, 2.45) is 0 Å². The van der Waals surface area contributed by atoms with Crippen molar-refractivity contribution in [1.29, 1.82) is 0 Å². The molecular weight excluding hydrogens is 220 g/mol. The van der Waals surface area contributed by atoms with Crippen LogP contribution in [0.25, 0.3) is 11.5 Å². The van der Waals surface area contributed by atoms with Gasteiger partial charge in [0.25, 0.3) is 4.84 Å². The average molecular weight is 227 g/mol. The molecule has 0 atom stereocenters. The van der Waals surface area contributed by atoms with E-state index < -0.39 is 0 Å². The highest BCUT2D eigenvalue weighted by Gasteiger charge is 2.05. The first-order valence-corrected chi connectivity index (χ1v) is 4.77. The number of aryl methyl sites for hydroxylation is 1. The maximum Gasteiger partial charge on any atom is 0.284 e. The van der Waals surface area contributed by atoms with E-state index in [4.69, 9.17) is 28.2 Å². The number of aromatic amines is 1. The van der Waals surface area contributed by atoms with Gasteiger partial charge < -0.3 is 4.42 Å². The van der Waals surface area contributed by atoms with Gasteiger partial charge in [-0.1, -0.05) is 11.6 Å². The minimum atomic E-state index is 0.262. The van der Waals surface area contributed by atoms with Crippen molar-refractivity contribution >= 4 is 23.8 Å². The van der Waals surface area contributed by atoms with Gasteiger partial charge in [-0.05, 0) is 42.9 Å². The van der Waals surface area contributed by atoms with E-state index in [2.05, 4.69) is 10.2 Å². The quantitative estimate of drug-likeness (QED) is 0.759. The fraction of sp³-hybridized carbons (Fsp3) is 0.111. The normalized spacial score (nSPS) is 10.4. The van der Waals surface area contributed by atoms with Crippen LogP contribution in [-0.2, 0) is 0 Å². The van der Waals surface area contributed by atoms with Crippen molar-refractivity contribution in [3.05, 3.63) is 33.6 Å². The Balaban J connectivity index is 2.56. The smallest absolute Gasteiger partial charge is 0.284 e. The van der Waals surface area contributed by atoms with Crippen LogP contribution in [0.3, 0.4) is 0 Å². The van der Waals surface area contributed by atoms with Crippen LogP contribution in [0.1, 0.15) is 5.56 Å². The Hall–Kier alpha value is -1.13. The molecule has 1 heterocycles. The first kappa shape index (κ1) is 9.43. The molecule has 0 saturated heterocycles. The van der Waals surface area contributed by atoms with E-state index in [0.717, 1.165) is 11.1 Å². The predicted octanol–water partition coefficient (Wildman–Crippen LogP) is 3.36. The highest BCUT2D eigenvalue weighted by molar-refractivity contribution is 7.71. The lowest BCUT2D eigenvalue weighted by molar-refractivity contribution is 0.552. The van der Waals surface area contributed by atoms with E-state index in [0.29, 0.717) is 10.9 Å². The van der Waals surface area contributed by atoms with Crippen LogP contribution in [0.2, 0.25) is 5.02 Å². The Kier molecular flexibility index (Phi) is 2.39. The largest absolute Gasteiger partial charge is 0.409 e. The molecule has 0 aliphatic heterocycles. The summed E-state index contributed by atoms with van der Waals surface area (Å²) in [4.78, 5) is 0.262. The van der Waals surface area contributed by atoms with E-state index in [-0.39, 0.29) is 4.84 Å². The minimum absolute atomic E-state index is 0.262. The zero-order valence-electron chi connectivity index (χ0n) is 7.37. The van der Waals surface area contributed by atoms with E-state index in [1.165, 1.54) is 0 Å². The summed E-state index contributed by atoms with van der Waals surface area (Å²) < 4.78 is 5.17. The maximum absolute atomic E-state index is 5.90. The van der Waals surface area contributed by atoms with Crippen molar-refractivity contribution in [1.82, 2.24) is 10.2 Å². The Morgan fingerprint density at radius 1 is 1.43 bits per heavy atom. The zero-order valence-corrected chi connectivity index (χ0v) is 8.95. The number of halogens is 1. The molecule has 1 aromatic carbocycles. The number of hydrogen-bond acceptors (Lipinski definition) is 3. The molecule has 0 unspecified atom stereocenters. The van der Waals surface area contributed by atoms with Crippen molar-refractivity contribution in [2.45, 2.75) is 6.92 Å². The Bertz CT molecular complexity index is 497. The summed E-state index contributed by atoms with van der Waals surface area (Å²) in [7, 11) is 0. The van der Waals surface area contributed by atoms with Gasteiger partial charge >= 0.3 is 0 Å². The second-order valence-corrected chi connectivity index (χ2v) is 3.74. The van der Waals surface area contributed by atoms with Crippen LogP contribution >= 0.6 is 23.8 Å². The summed E-state index contributed by atoms with van der Waals surface area (Å²) in [5, 5.41) is 7.13. The van der Waals surface area contributed by atoms with Gasteiger partial charge in [0.05, 0.1) is 0 Å². The van der Waals surface area contributed by atoms with E-state index in [1.54, 1.807) is 6.07 Å². The summed E-state index contributed by atoms with van der Waals surface area (Å²) in [6.45, 7) is 1.96. The predicted molar refractivity (Wildman–Crippen MR) is 56.9 cm³/mol. The van der Waals surface area contributed by atoms with Crippen LogP contribution in [0.4, 0.5) is 0 Å². The van der Waals surface area contributed by atoms with Gasteiger partial charge in [0.1, 0.15) is 0 Å². The molecule has 0 aliphatic rings. The van der Waals surface area contributed by atoms with Gasteiger partial charge in [-0.25, -0.2) is 5.10 Å². The summed E-state index contributed by atoms with van der Waals surface area (Å²) in [6, 6.07) is 5.58. The molecule has 0 spiro atoms. The Morgan fingerprint density at radius 3 is 2.79 bits per heavy atom. The lowest BCUT2D eigenvalue weighted by Gasteiger charge is -1.98. The van der Waals surface area contributed by atoms with E-state index in [9.17, 15) is 0 Å². The molecule has 1 aromatic heterocycles. The third-order valence-electron chi connectivity index (χ3n) is 1.73. The van der Waals surface area contributed by atoms with Crippen LogP contribution in [0.15, 0.2) is 22.6 Å². The Morgan fingerprint density at radius 2 is 2.21 bits per heavy atom. The number of aromatic nitrogens is 2. The molecule has 3 nitrogen and oxygen atoms in total. The van der Waals surface area contributed by atoms with Gasteiger partial charge in [0.2, 0.25) is 5.89 Å². The molecule has 72 valence electrons. The van der Waals surface area contributed by atoms with Gasteiger partial charge in [-0.3, -0.25) is 0 Å². The van der Waals surface area contributed by atoms with Crippen molar-refractivity contribution in [3.8, 4) is 11.5 Å². The number of nitrogens with zero attached hydrogens (tertiary/aromatic N) is 1. The third-order valence-corrected chi connectivity index (χ3v) is 2.12. The second kappa shape index (κ2) is 3.55. The number of nitrogens with one attached hydrogen (secondary N) is 1. The maximum atomic E-state index is 5.90. The summed E-state index contributed by atoms with van der Waals surface area (Å²) in [5.74, 6) is 0.459. The van der Waals surface area contributed by atoms with Gasteiger partial charge in [0, 0.05) is 10.6 Å². The lowest BCUT2D eigenvalue weighted by Crippen LogP contribution is -1.80. The molecule has 2 aromatic rings. The molecule has 0 aliphatic carbocycles.